The third-order valence-electron chi connectivity index (χ3n) is 3.76. The second-order valence-electron chi connectivity index (χ2n) is 4.94. The van der Waals surface area contributed by atoms with E-state index in [0.29, 0.717) is 6.04 Å². The van der Waals surface area contributed by atoms with Crippen molar-refractivity contribution >= 4 is 0 Å². The molecule has 0 radical (unpaired) electrons. The Kier molecular flexibility index (Phi) is 2.91. The van der Waals surface area contributed by atoms with E-state index in [1.54, 1.807) is 0 Å². The maximum absolute atomic E-state index is 4.41. The van der Waals surface area contributed by atoms with Crippen molar-refractivity contribution in [2.24, 2.45) is 0 Å². The van der Waals surface area contributed by atoms with Crippen LogP contribution in [-0.4, -0.2) is 21.3 Å². The maximum atomic E-state index is 4.41. The molecule has 4 nitrogen and oxygen atoms in total. The molecule has 3 heterocycles. The first kappa shape index (κ1) is 10.3. The van der Waals surface area contributed by atoms with Crippen molar-refractivity contribution in [2.75, 3.05) is 6.54 Å². The number of nitrogens with zero attached hydrogens (tertiary/aromatic N) is 3. The molecule has 0 amide bonds. The Hall–Kier alpha value is -0.900. The third-order valence-corrected chi connectivity index (χ3v) is 3.76. The highest BCUT2D eigenvalue weighted by Gasteiger charge is 2.23. The van der Waals surface area contributed by atoms with Crippen LogP contribution in [0.2, 0.25) is 0 Å². The van der Waals surface area contributed by atoms with Gasteiger partial charge in [-0.15, -0.1) is 10.2 Å². The highest BCUT2D eigenvalue weighted by atomic mass is 15.3. The molecule has 1 saturated heterocycles. The van der Waals surface area contributed by atoms with Gasteiger partial charge in [0.1, 0.15) is 11.6 Å². The Labute approximate surface area is 96.4 Å². The molecule has 88 valence electrons. The number of rotatable bonds is 1. The van der Waals surface area contributed by atoms with Crippen molar-refractivity contribution in [1.82, 2.24) is 20.1 Å². The SMILES string of the molecule is C1CCNC(c2nnc3n2CCCC3)CC1. The number of nitrogens with one attached hydrogen (secondary N) is 1. The monoisotopic (exact) mass is 220 g/mol. The molecule has 1 N–H and O–H groups in total. The summed E-state index contributed by atoms with van der Waals surface area (Å²) >= 11 is 0. The second kappa shape index (κ2) is 4.53. The van der Waals surface area contributed by atoms with E-state index in [-0.39, 0.29) is 0 Å². The van der Waals surface area contributed by atoms with Crippen LogP contribution in [0.1, 0.15) is 56.2 Å². The third kappa shape index (κ3) is 1.86. The van der Waals surface area contributed by atoms with E-state index in [1.807, 2.05) is 0 Å². The van der Waals surface area contributed by atoms with Gasteiger partial charge in [-0.2, -0.15) is 0 Å². The summed E-state index contributed by atoms with van der Waals surface area (Å²) in [6.07, 6.45) is 8.86. The Bertz CT molecular complexity index is 350. The summed E-state index contributed by atoms with van der Waals surface area (Å²) in [6, 6.07) is 0.446. The van der Waals surface area contributed by atoms with E-state index >= 15 is 0 Å². The van der Waals surface area contributed by atoms with E-state index in [1.165, 1.54) is 50.2 Å². The first-order valence-electron chi connectivity index (χ1n) is 6.60. The first-order valence-corrected chi connectivity index (χ1v) is 6.60. The summed E-state index contributed by atoms with van der Waals surface area (Å²) in [7, 11) is 0. The topological polar surface area (TPSA) is 42.7 Å². The van der Waals surface area contributed by atoms with Crippen LogP contribution in [0.5, 0.6) is 0 Å². The maximum Gasteiger partial charge on any atom is 0.150 e. The Balaban J connectivity index is 1.84. The minimum atomic E-state index is 0.446. The summed E-state index contributed by atoms with van der Waals surface area (Å²) in [5.41, 5.74) is 0. The summed E-state index contributed by atoms with van der Waals surface area (Å²) in [5.74, 6) is 2.39. The van der Waals surface area contributed by atoms with Gasteiger partial charge in [0.2, 0.25) is 0 Å². The van der Waals surface area contributed by atoms with Crippen LogP contribution in [0.15, 0.2) is 0 Å². The smallest absolute Gasteiger partial charge is 0.150 e. The zero-order valence-corrected chi connectivity index (χ0v) is 9.78. The average molecular weight is 220 g/mol. The molecular formula is C12H20N4. The van der Waals surface area contributed by atoms with Gasteiger partial charge < -0.3 is 9.88 Å². The summed E-state index contributed by atoms with van der Waals surface area (Å²) in [6.45, 7) is 2.25. The fraction of sp³-hybridized carbons (Fsp3) is 0.833. The summed E-state index contributed by atoms with van der Waals surface area (Å²) < 4.78 is 2.35. The summed E-state index contributed by atoms with van der Waals surface area (Å²) in [5, 5.41) is 12.4. The van der Waals surface area contributed by atoms with E-state index in [0.717, 1.165) is 19.5 Å². The van der Waals surface area contributed by atoms with Crippen LogP contribution in [0.4, 0.5) is 0 Å². The van der Waals surface area contributed by atoms with Crippen LogP contribution in [0, 0.1) is 0 Å². The van der Waals surface area contributed by atoms with E-state index in [4.69, 9.17) is 0 Å². The van der Waals surface area contributed by atoms with Gasteiger partial charge in [-0.1, -0.05) is 12.8 Å². The quantitative estimate of drug-likeness (QED) is 0.785. The van der Waals surface area contributed by atoms with E-state index in [2.05, 4.69) is 20.1 Å². The number of aryl methyl sites for hydroxylation is 1. The molecule has 16 heavy (non-hydrogen) atoms. The van der Waals surface area contributed by atoms with Crippen molar-refractivity contribution < 1.29 is 0 Å². The molecule has 1 fully saturated rings. The molecule has 0 aromatic carbocycles. The molecule has 3 rings (SSSR count). The predicted molar refractivity (Wildman–Crippen MR) is 62.2 cm³/mol. The van der Waals surface area contributed by atoms with Gasteiger partial charge >= 0.3 is 0 Å². The molecule has 2 aliphatic rings. The van der Waals surface area contributed by atoms with Gasteiger partial charge in [-0.25, -0.2) is 0 Å². The van der Waals surface area contributed by atoms with Crippen molar-refractivity contribution in [3.63, 3.8) is 0 Å². The van der Waals surface area contributed by atoms with Gasteiger partial charge in [0.25, 0.3) is 0 Å². The zero-order valence-electron chi connectivity index (χ0n) is 9.78. The fourth-order valence-electron chi connectivity index (χ4n) is 2.84. The first-order chi connectivity index (χ1) is 7.95. The summed E-state index contributed by atoms with van der Waals surface area (Å²) in [4.78, 5) is 0. The average Bonchev–Trinajstić information content (AvgIpc) is 2.57. The van der Waals surface area contributed by atoms with Crippen molar-refractivity contribution in [1.29, 1.82) is 0 Å². The number of aromatic nitrogens is 3. The molecule has 0 spiro atoms. The van der Waals surface area contributed by atoms with Crippen LogP contribution in [0.3, 0.4) is 0 Å². The lowest BCUT2D eigenvalue weighted by atomic mass is 10.1. The van der Waals surface area contributed by atoms with Gasteiger partial charge in [-0.3, -0.25) is 0 Å². The minimum absolute atomic E-state index is 0.446. The molecule has 2 aliphatic heterocycles. The van der Waals surface area contributed by atoms with Gasteiger partial charge in [0.05, 0.1) is 6.04 Å². The fourth-order valence-corrected chi connectivity index (χ4v) is 2.84. The van der Waals surface area contributed by atoms with Crippen molar-refractivity contribution in [3.05, 3.63) is 11.6 Å². The molecule has 0 bridgehead atoms. The zero-order chi connectivity index (χ0) is 10.8. The molecule has 1 unspecified atom stereocenters. The number of hydrogen-bond acceptors (Lipinski definition) is 3. The molecule has 1 atom stereocenters. The number of fused-ring (bicyclic) bond motifs is 1. The highest BCUT2D eigenvalue weighted by Crippen LogP contribution is 2.24. The normalized spacial score (nSPS) is 26.1. The highest BCUT2D eigenvalue weighted by molar-refractivity contribution is 5.04. The second-order valence-corrected chi connectivity index (χ2v) is 4.94. The standard InChI is InChI=1S/C12H20N4/c1-2-6-10(13-8-4-1)12-15-14-11-7-3-5-9-16(11)12/h10,13H,1-9H2. The van der Waals surface area contributed by atoms with Crippen LogP contribution in [-0.2, 0) is 13.0 Å². The van der Waals surface area contributed by atoms with Crippen LogP contribution >= 0.6 is 0 Å². The van der Waals surface area contributed by atoms with E-state index in [9.17, 15) is 0 Å². The Morgan fingerprint density at radius 1 is 1.06 bits per heavy atom. The van der Waals surface area contributed by atoms with Crippen molar-refractivity contribution in [3.8, 4) is 0 Å². The number of hydrogen-bond donors (Lipinski definition) is 1. The van der Waals surface area contributed by atoms with Gasteiger partial charge in [0, 0.05) is 13.0 Å². The largest absolute Gasteiger partial charge is 0.314 e. The minimum Gasteiger partial charge on any atom is -0.314 e. The van der Waals surface area contributed by atoms with Gasteiger partial charge in [-0.05, 0) is 32.2 Å². The molecule has 1 aromatic rings. The molecular weight excluding hydrogens is 200 g/mol. The predicted octanol–water partition coefficient (Wildman–Crippen LogP) is 1.82. The molecule has 1 aromatic heterocycles. The van der Waals surface area contributed by atoms with Crippen LogP contribution < -0.4 is 5.32 Å². The van der Waals surface area contributed by atoms with Crippen LogP contribution in [0.25, 0.3) is 0 Å². The lowest BCUT2D eigenvalue weighted by Crippen LogP contribution is -2.25. The molecule has 4 heteroatoms. The lowest BCUT2D eigenvalue weighted by molar-refractivity contribution is 0.446. The Morgan fingerprint density at radius 2 is 2.06 bits per heavy atom. The lowest BCUT2D eigenvalue weighted by Gasteiger charge is -2.19. The molecule has 0 aliphatic carbocycles. The molecule has 0 saturated carbocycles. The van der Waals surface area contributed by atoms with Gasteiger partial charge in [0.15, 0.2) is 0 Å². The van der Waals surface area contributed by atoms with Crippen molar-refractivity contribution in [2.45, 2.75) is 57.5 Å². The Morgan fingerprint density at radius 3 is 3.06 bits per heavy atom. The van der Waals surface area contributed by atoms with E-state index < -0.39 is 0 Å².